The maximum Gasteiger partial charge on any atom is 0.330 e. The van der Waals surface area contributed by atoms with Crippen LogP contribution in [-0.2, 0) is 16.1 Å². The molecule has 0 spiro atoms. The van der Waals surface area contributed by atoms with Crippen molar-refractivity contribution in [1.82, 2.24) is 10.3 Å². The van der Waals surface area contributed by atoms with Crippen molar-refractivity contribution in [2.75, 3.05) is 7.11 Å². The first-order valence-corrected chi connectivity index (χ1v) is 7.84. The lowest BCUT2D eigenvalue weighted by Crippen LogP contribution is -2.34. The number of aliphatic carboxylic acids is 1. The molecule has 0 aliphatic carbocycles. The standard InChI is InChI=1S/C16H18N2O4S/c1-9-4-5-11(6-10(9)2)14(16(20)21)18-15(19)12-8-23-13(17-12)7-22-3/h4-6,8,14H,7H2,1-3H3,(H,18,19)(H,20,21). The van der Waals surface area contributed by atoms with Crippen LogP contribution in [0, 0.1) is 13.8 Å². The van der Waals surface area contributed by atoms with Crippen LogP contribution in [0.25, 0.3) is 0 Å². The van der Waals surface area contributed by atoms with Gasteiger partial charge in [-0.3, -0.25) is 4.79 Å². The minimum absolute atomic E-state index is 0.192. The Morgan fingerprint density at radius 2 is 2.09 bits per heavy atom. The van der Waals surface area contributed by atoms with E-state index in [4.69, 9.17) is 4.74 Å². The van der Waals surface area contributed by atoms with Gasteiger partial charge in [-0.1, -0.05) is 18.2 Å². The van der Waals surface area contributed by atoms with Crippen LogP contribution in [0.1, 0.15) is 38.2 Å². The topological polar surface area (TPSA) is 88.5 Å². The van der Waals surface area contributed by atoms with Crippen molar-refractivity contribution in [1.29, 1.82) is 0 Å². The van der Waals surface area contributed by atoms with Crippen molar-refractivity contribution >= 4 is 23.2 Å². The van der Waals surface area contributed by atoms with Crippen LogP contribution >= 0.6 is 11.3 Å². The molecule has 1 aromatic carbocycles. The van der Waals surface area contributed by atoms with Crippen LogP contribution in [0.2, 0.25) is 0 Å². The van der Waals surface area contributed by atoms with Gasteiger partial charge in [-0.25, -0.2) is 9.78 Å². The molecule has 0 aliphatic heterocycles. The van der Waals surface area contributed by atoms with Gasteiger partial charge in [0.05, 0.1) is 6.61 Å². The summed E-state index contributed by atoms with van der Waals surface area (Å²) < 4.78 is 4.96. The number of ether oxygens (including phenoxy) is 1. The average Bonchev–Trinajstić information content (AvgIpc) is 2.96. The van der Waals surface area contributed by atoms with Crippen LogP contribution in [0.3, 0.4) is 0 Å². The second kappa shape index (κ2) is 7.34. The fraction of sp³-hybridized carbons (Fsp3) is 0.312. The Morgan fingerprint density at radius 3 is 2.70 bits per heavy atom. The molecule has 0 saturated heterocycles. The summed E-state index contributed by atoms with van der Waals surface area (Å²) in [6.45, 7) is 4.16. The van der Waals surface area contributed by atoms with Crippen LogP contribution in [0.5, 0.6) is 0 Å². The molecule has 2 aromatic rings. The highest BCUT2D eigenvalue weighted by atomic mass is 32.1. The number of benzene rings is 1. The predicted octanol–water partition coefficient (Wildman–Crippen LogP) is 2.46. The van der Waals surface area contributed by atoms with E-state index in [0.29, 0.717) is 17.2 Å². The van der Waals surface area contributed by atoms with E-state index in [1.165, 1.54) is 11.3 Å². The summed E-state index contributed by atoms with van der Waals surface area (Å²) in [6.07, 6.45) is 0. The predicted molar refractivity (Wildman–Crippen MR) is 86.6 cm³/mol. The van der Waals surface area contributed by atoms with E-state index in [9.17, 15) is 14.7 Å². The molecule has 0 radical (unpaired) electrons. The fourth-order valence-electron chi connectivity index (χ4n) is 2.04. The molecule has 23 heavy (non-hydrogen) atoms. The quantitative estimate of drug-likeness (QED) is 0.847. The number of hydrogen-bond donors (Lipinski definition) is 2. The number of thiazole rings is 1. The van der Waals surface area contributed by atoms with E-state index in [1.807, 2.05) is 19.9 Å². The van der Waals surface area contributed by atoms with Gasteiger partial charge in [0.15, 0.2) is 6.04 Å². The maximum absolute atomic E-state index is 12.2. The lowest BCUT2D eigenvalue weighted by Gasteiger charge is -2.15. The smallest absolute Gasteiger partial charge is 0.330 e. The number of carboxylic acid groups (broad SMARTS) is 1. The SMILES string of the molecule is COCc1nc(C(=O)NC(C(=O)O)c2ccc(C)c(C)c2)cs1. The van der Waals surface area contributed by atoms with E-state index in [2.05, 4.69) is 10.3 Å². The molecule has 0 saturated carbocycles. The number of carbonyl (C=O) groups excluding carboxylic acids is 1. The number of carboxylic acids is 1. The second-order valence-corrected chi connectivity index (χ2v) is 6.09. The van der Waals surface area contributed by atoms with Gasteiger partial charge in [0.1, 0.15) is 10.7 Å². The first-order chi connectivity index (χ1) is 10.9. The Balaban J connectivity index is 2.19. The van der Waals surface area contributed by atoms with E-state index in [1.54, 1.807) is 24.6 Å². The zero-order valence-electron chi connectivity index (χ0n) is 13.1. The second-order valence-electron chi connectivity index (χ2n) is 5.15. The summed E-state index contributed by atoms with van der Waals surface area (Å²) in [6, 6.07) is 4.20. The molecule has 1 amide bonds. The van der Waals surface area contributed by atoms with Gasteiger partial charge in [-0.2, -0.15) is 0 Å². The molecule has 1 unspecified atom stereocenters. The number of carbonyl (C=O) groups is 2. The van der Waals surface area contributed by atoms with Crippen LogP contribution in [-0.4, -0.2) is 29.1 Å². The Morgan fingerprint density at radius 1 is 1.35 bits per heavy atom. The molecule has 6 nitrogen and oxygen atoms in total. The van der Waals surface area contributed by atoms with Gasteiger partial charge >= 0.3 is 5.97 Å². The molecule has 7 heteroatoms. The van der Waals surface area contributed by atoms with Crippen molar-refractivity contribution in [2.24, 2.45) is 0 Å². The summed E-state index contributed by atoms with van der Waals surface area (Å²) >= 11 is 1.29. The van der Waals surface area contributed by atoms with Crippen molar-refractivity contribution in [2.45, 2.75) is 26.5 Å². The highest BCUT2D eigenvalue weighted by Crippen LogP contribution is 2.19. The van der Waals surface area contributed by atoms with Crippen LogP contribution < -0.4 is 5.32 Å². The number of hydrogen-bond acceptors (Lipinski definition) is 5. The third kappa shape index (κ3) is 4.14. The number of aryl methyl sites for hydroxylation is 2. The molecule has 0 aliphatic rings. The maximum atomic E-state index is 12.2. The molecule has 2 N–H and O–H groups in total. The molecule has 1 atom stereocenters. The van der Waals surface area contributed by atoms with E-state index in [-0.39, 0.29) is 5.69 Å². The molecular weight excluding hydrogens is 316 g/mol. The van der Waals surface area contributed by atoms with Crippen LogP contribution in [0.4, 0.5) is 0 Å². The van der Waals surface area contributed by atoms with E-state index < -0.39 is 17.9 Å². The summed E-state index contributed by atoms with van der Waals surface area (Å²) in [5.41, 5.74) is 2.75. The van der Waals surface area contributed by atoms with Gasteiger partial charge in [0.2, 0.25) is 0 Å². The molecule has 1 aromatic heterocycles. The highest BCUT2D eigenvalue weighted by molar-refractivity contribution is 7.09. The number of nitrogens with one attached hydrogen (secondary N) is 1. The number of rotatable bonds is 6. The normalized spacial score (nSPS) is 12.0. The number of amides is 1. The Labute approximate surface area is 138 Å². The first kappa shape index (κ1) is 17.1. The number of aromatic nitrogens is 1. The van der Waals surface area contributed by atoms with Crippen molar-refractivity contribution in [3.63, 3.8) is 0 Å². The van der Waals surface area contributed by atoms with Gasteiger partial charge < -0.3 is 15.2 Å². The van der Waals surface area contributed by atoms with Crippen molar-refractivity contribution in [3.8, 4) is 0 Å². The summed E-state index contributed by atoms with van der Waals surface area (Å²) in [4.78, 5) is 27.9. The molecule has 0 bridgehead atoms. The zero-order chi connectivity index (χ0) is 17.0. The molecule has 2 rings (SSSR count). The van der Waals surface area contributed by atoms with Crippen molar-refractivity contribution in [3.05, 3.63) is 51.0 Å². The fourth-order valence-corrected chi connectivity index (χ4v) is 2.79. The summed E-state index contributed by atoms with van der Waals surface area (Å²) in [5.74, 6) is -1.64. The Kier molecular flexibility index (Phi) is 5.46. The molecule has 0 fully saturated rings. The average molecular weight is 334 g/mol. The molecule has 122 valence electrons. The number of methoxy groups -OCH3 is 1. The van der Waals surface area contributed by atoms with Gasteiger partial charge in [0.25, 0.3) is 5.91 Å². The first-order valence-electron chi connectivity index (χ1n) is 6.96. The third-order valence-electron chi connectivity index (χ3n) is 3.44. The minimum atomic E-state index is -1.12. The van der Waals surface area contributed by atoms with Gasteiger partial charge in [0, 0.05) is 12.5 Å². The highest BCUT2D eigenvalue weighted by Gasteiger charge is 2.24. The lowest BCUT2D eigenvalue weighted by molar-refractivity contribution is -0.139. The van der Waals surface area contributed by atoms with E-state index >= 15 is 0 Å². The van der Waals surface area contributed by atoms with Crippen LogP contribution in [0.15, 0.2) is 23.6 Å². The lowest BCUT2D eigenvalue weighted by atomic mass is 10.0. The summed E-state index contributed by atoms with van der Waals surface area (Å²) in [5, 5.41) is 14.2. The van der Waals surface area contributed by atoms with Gasteiger partial charge in [-0.15, -0.1) is 11.3 Å². The van der Waals surface area contributed by atoms with Crippen molar-refractivity contribution < 1.29 is 19.4 Å². The largest absolute Gasteiger partial charge is 0.479 e. The minimum Gasteiger partial charge on any atom is -0.479 e. The van der Waals surface area contributed by atoms with Gasteiger partial charge in [-0.05, 0) is 30.5 Å². The molecule has 1 heterocycles. The third-order valence-corrected chi connectivity index (χ3v) is 4.26. The monoisotopic (exact) mass is 334 g/mol. The Hall–Kier alpha value is -2.25. The zero-order valence-corrected chi connectivity index (χ0v) is 13.9. The number of nitrogens with zero attached hydrogens (tertiary/aromatic N) is 1. The Bertz CT molecular complexity index is 727. The van der Waals surface area contributed by atoms with E-state index in [0.717, 1.165) is 11.1 Å². The molecular formula is C16H18N2O4S. The summed E-state index contributed by atoms with van der Waals surface area (Å²) in [7, 11) is 1.54.